The zero-order valence-electron chi connectivity index (χ0n) is 15.0. The third-order valence-electron chi connectivity index (χ3n) is 4.08. The second kappa shape index (κ2) is 8.80. The lowest BCUT2D eigenvalue weighted by atomic mass is 10.0. The first-order chi connectivity index (χ1) is 13.4. The SMILES string of the molecule is N[C@H](CCC(F)(F)F)c1ccc(Oc2ccccc2)c(Oc2ccccc2)c1. The van der Waals surface area contributed by atoms with Crippen molar-refractivity contribution in [2.45, 2.75) is 25.1 Å². The van der Waals surface area contributed by atoms with Crippen LogP contribution in [0.15, 0.2) is 78.9 Å². The summed E-state index contributed by atoms with van der Waals surface area (Å²) < 4.78 is 49.3. The van der Waals surface area contributed by atoms with Crippen molar-refractivity contribution in [1.29, 1.82) is 0 Å². The second-order valence-electron chi connectivity index (χ2n) is 6.30. The highest BCUT2D eigenvalue weighted by Gasteiger charge is 2.28. The van der Waals surface area contributed by atoms with Gasteiger partial charge in [0.2, 0.25) is 0 Å². The van der Waals surface area contributed by atoms with Crippen LogP contribution in [-0.2, 0) is 0 Å². The summed E-state index contributed by atoms with van der Waals surface area (Å²) in [5.41, 5.74) is 6.52. The highest BCUT2D eigenvalue weighted by Crippen LogP contribution is 2.37. The van der Waals surface area contributed by atoms with Crippen molar-refractivity contribution in [2.24, 2.45) is 5.73 Å². The van der Waals surface area contributed by atoms with Gasteiger partial charge in [-0.25, -0.2) is 0 Å². The van der Waals surface area contributed by atoms with Crippen LogP contribution in [0.4, 0.5) is 13.2 Å². The lowest BCUT2D eigenvalue weighted by molar-refractivity contribution is -0.136. The van der Waals surface area contributed by atoms with Crippen LogP contribution in [0.3, 0.4) is 0 Å². The van der Waals surface area contributed by atoms with Crippen molar-refractivity contribution >= 4 is 0 Å². The molecule has 0 radical (unpaired) electrons. The topological polar surface area (TPSA) is 44.5 Å². The minimum Gasteiger partial charge on any atom is -0.453 e. The van der Waals surface area contributed by atoms with Crippen LogP contribution in [0, 0.1) is 0 Å². The number of ether oxygens (including phenoxy) is 2. The molecule has 0 amide bonds. The quantitative estimate of drug-likeness (QED) is 0.496. The molecule has 0 unspecified atom stereocenters. The second-order valence-corrected chi connectivity index (χ2v) is 6.30. The number of halogens is 3. The fourth-order valence-corrected chi connectivity index (χ4v) is 2.64. The lowest BCUT2D eigenvalue weighted by Gasteiger charge is -2.17. The molecule has 3 nitrogen and oxygen atoms in total. The van der Waals surface area contributed by atoms with Gasteiger partial charge in [-0.05, 0) is 48.4 Å². The maximum Gasteiger partial charge on any atom is 0.389 e. The fraction of sp³-hybridized carbons (Fsp3) is 0.182. The van der Waals surface area contributed by atoms with Gasteiger partial charge in [0.25, 0.3) is 0 Å². The summed E-state index contributed by atoms with van der Waals surface area (Å²) in [4.78, 5) is 0. The maximum atomic E-state index is 12.5. The number of hydrogen-bond donors (Lipinski definition) is 1. The molecule has 0 aliphatic carbocycles. The summed E-state index contributed by atoms with van der Waals surface area (Å²) in [5.74, 6) is 2.03. The molecule has 146 valence electrons. The standard InChI is InChI=1S/C22H20F3NO2/c23-22(24,25)14-13-19(26)16-11-12-20(27-17-7-3-1-4-8-17)21(15-16)28-18-9-5-2-6-10-18/h1-12,15,19H,13-14,26H2/t19-/m1/s1. The van der Waals surface area contributed by atoms with Gasteiger partial charge in [0, 0.05) is 12.5 Å². The van der Waals surface area contributed by atoms with Gasteiger partial charge < -0.3 is 15.2 Å². The van der Waals surface area contributed by atoms with E-state index in [2.05, 4.69) is 0 Å². The van der Waals surface area contributed by atoms with E-state index in [-0.39, 0.29) is 6.42 Å². The van der Waals surface area contributed by atoms with Crippen LogP contribution in [0.5, 0.6) is 23.0 Å². The molecule has 0 aromatic heterocycles. The molecule has 0 heterocycles. The van der Waals surface area contributed by atoms with Crippen LogP contribution in [0.2, 0.25) is 0 Å². The molecule has 3 aromatic rings. The smallest absolute Gasteiger partial charge is 0.389 e. The van der Waals surface area contributed by atoms with E-state index in [1.54, 1.807) is 42.5 Å². The molecule has 0 saturated carbocycles. The van der Waals surface area contributed by atoms with Gasteiger partial charge in [-0.2, -0.15) is 13.2 Å². The van der Waals surface area contributed by atoms with Gasteiger partial charge in [-0.15, -0.1) is 0 Å². The van der Waals surface area contributed by atoms with E-state index in [0.29, 0.717) is 28.6 Å². The average Bonchev–Trinajstić information content (AvgIpc) is 2.68. The highest BCUT2D eigenvalue weighted by atomic mass is 19.4. The van der Waals surface area contributed by atoms with Crippen molar-refractivity contribution in [3.63, 3.8) is 0 Å². The van der Waals surface area contributed by atoms with Crippen LogP contribution >= 0.6 is 0 Å². The molecular weight excluding hydrogens is 367 g/mol. The van der Waals surface area contributed by atoms with E-state index in [9.17, 15) is 13.2 Å². The molecule has 0 fully saturated rings. The maximum absolute atomic E-state index is 12.5. The number of rotatable bonds is 7. The minimum atomic E-state index is -4.24. The van der Waals surface area contributed by atoms with Gasteiger partial charge in [-0.3, -0.25) is 0 Å². The summed E-state index contributed by atoms with van der Waals surface area (Å²) in [6.45, 7) is 0. The minimum absolute atomic E-state index is 0.201. The zero-order chi connectivity index (χ0) is 20.0. The van der Waals surface area contributed by atoms with Crippen LogP contribution in [0.1, 0.15) is 24.4 Å². The summed E-state index contributed by atoms with van der Waals surface area (Å²) >= 11 is 0. The van der Waals surface area contributed by atoms with Gasteiger partial charge in [0.15, 0.2) is 11.5 Å². The summed E-state index contributed by atoms with van der Waals surface area (Å²) in [6, 6.07) is 22.4. The van der Waals surface area contributed by atoms with Crippen molar-refractivity contribution in [3.05, 3.63) is 84.4 Å². The molecule has 0 bridgehead atoms. The number of alkyl halides is 3. The molecule has 0 aliphatic heterocycles. The van der Waals surface area contributed by atoms with E-state index in [4.69, 9.17) is 15.2 Å². The Hall–Kier alpha value is -2.99. The number of para-hydroxylation sites is 2. The van der Waals surface area contributed by atoms with E-state index in [0.717, 1.165) is 0 Å². The van der Waals surface area contributed by atoms with Crippen LogP contribution in [-0.4, -0.2) is 6.18 Å². The third kappa shape index (κ3) is 5.76. The van der Waals surface area contributed by atoms with Gasteiger partial charge in [0.05, 0.1) is 0 Å². The van der Waals surface area contributed by atoms with Gasteiger partial charge in [-0.1, -0.05) is 42.5 Å². The van der Waals surface area contributed by atoms with E-state index in [1.807, 2.05) is 36.4 Å². The predicted octanol–water partition coefficient (Wildman–Crippen LogP) is 6.61. The molecule has 2 N–H and O–H groups in total. The molecule has 3 rings (SSSR count). The molecule has 1 atom stereocenters. The van der Waals surface area contributed by atoms with E-state index >= 15 is 0 Å². The molecule has 0 spiro atoms. The summed E-state index contributed by atoms with van der Waals surface area (Å²) in [6.07, 6.45) is -5.38. The van der Waals surface area contributed by atoms with E-state index < -0.39 is 18.6 Å². The average molecular weight is 387 g/mol. The largest absolute Gasteiger partial charge is 0.453 e. The number of nitrogens with two attached hydrogens (primary N) is 1. The Morgan fingerprint density at radius 3 is 1.82 bits per heavy atom. The predicted molar refractivity (Wildman–Crippen MR) is 102 cm³/mol. The molecule has 0 aliphatic rings. The van der Waals surface area contributed by atoms with Gasteiger partial charge >= 0.3 is 6.18 Å². The molecule has 28 heavy (non-hydrogen) atoms. The normalized spacial score (nSPS) is 12.4. The Bertz CT molecular complexity index is 883. The first-order valence-corrected chi connectivity index (χ1v) is 8.83. The van der Waals surface area contributed by atoms with Crippen LogP contribution in [0.25, 0.3) is 0 Å². The fourth-order valence-electron chi connectivity index (χ4n) is 2.64. The van der Waals surface area contributed by atoms with Crippen molar-refractivity contribution in [1.82, 2.24) is 0 Å². The van der Waals surface area contributed by atoms with Crippen molar-refractivity contribution < 1.29 is 22.6 Å². The summed E-state index contributed by atoms with van der Waals surface area (Å²) in [5, 5.41) is 0. The van der Waals surface area contributed by atoms with Crippen LogP contribution < -0.4 is 15.2 Å². The lowest BCUT2D eigenvalue weighted by Crippen LogP contribution is -2.15. The first kappa shape index (κ1) is 19.8. The Kier molecular flexibility index (Phi) is 6.21. The Labute approximate surface area is 161 Å². The molecule has 0 saturated heterocycles. The number of hydrogen-bond acceptors (Lipinski definition) is 3. The highest BCUT2D eigenvalue weighted by molar-refractivity contribution is 5.48. The summed E-state index contributed by atoms with van der Waals surface area (Å²) in [7, 11) is 0. The van der Waals surface area contributed by atoms with Crippen molar-refractivity contribution in [2.75, 3.05) is 0 Å². The van der Waals surface area contributed by atoms with Crippen molar-refractivity contribution in [3.8, 4) is 23.0 Å². The number of benzene rings is 3. The molecule has 3 aromatic carbocycles. The third-order valence-corrected chi connectivity index (χ3v) is 4.08. The first-order valence-electron chi connectivity index (χ1n) is 8.83. The van der Waals surface area contributed by atoms with E-state index in [1.165, 1.54) is 0 Å². The van der Waals surface area contributed by atoms with Gasteiger partial charge in [0.1, 0.15) is 11.5 Å². The Balaban J connectivity index is 1.86. The zero-order valence-corrected chi connectivity index (χ0v) is 15.0. The Morgan fingerprint density at radius 1 is 0.750 bits per heavy atom. The molecule has 6 heteroatoms. The molecular formula is C22H20F3NO2. The monoisotopic (exact) mass is 387 g/mol. The Morgan fingerprint density at radius 2 is 1.29 bits per heavy atom.